The predicted octanol–water partition coefficient (Wildman–Crippen LogP) is 2.59. The molecule has 1 fully saturated rings. The molecule has 2 heterocycles. The summed E-state index contributed by atoms with van der Waals surface area (Å²) >= 11 is 0. The summed E-state index contributed by atoms with van der Waals surface area (Å²) in [5, 5.41) is 7.98. The fourth-order valence-electron chi connectivity index (χ4n) is 2.76. The smallest absolute Gasteiger partial charge is 0.0648 e. The SMILES string of the molecule is CC1CCNCC1c1ccnn1-c1ccccc1. The number of benzene rings is 1. The number of para-hydroxylation sites is 1. The molecule has 1 aromatic carbocycles. The Morgan fingerprint density at radius 3 is 2.83 bits per heavy atom. The van der Waals surface area contributed by atoms with Gasteiger partial charge in [0.05, 0.1) is 5.69 Å². The molecule has 0 spiro atoms. The quantitative estimate of drug-likeness (QED) is 0.876. The Kier molecular flexibility index (Phi) is 3.15. The van der Waals surface area contributed by atoms with Crippen LogP contribution in [0.1, 0.15) is 25.0 Å². The Bertz CT molecular complexity index is 503. The van der Waals surface area contributed by atoms with Crippen LogP contribution in [-0.2, 0) is 0 Å². The monoisotopic (exact) mass is 241 g/mol. The molecule has 18 heavy (non-hydrogen) atoms. The van der Waals surface area contributed by atoms with Gasteiger partial charge in [-0.05, 0) is 37.1 Å². The minimum absolute atomic E-state index is 0.557. The molecule has 1 N–H and O–H groups in total. The first-order chi connectivity index (χ1) is 8.86. The second kappa shape index (κ2) is 4.94. The number of nitrogens with one attached hydrogen (secondary N) is 1. The van der Waals surface area contributed by atoms with E-state index in [9.17, 15) is 0 Å². The van der Waals surface area contributed by atoms with Crippen LogP contribution < -0.4 is 5.32 Å². The standard InChI is InChI=1S/C15H19N3/c1-12-7-9-16-11-14(12)15-8-10-17-18(15)13-5-3-2-4-6-13/h2-6,8,10,12,14,16H,7,9,11H2,1H3. The van der Waals surface area contributed by atoms with Crippen LogP contribution in [0.25, 0.3) is 5.69 Å². The molecule has 2 atom stereocenters. The first kappa shape index (κ1) is 11.5. The van der Waals surface area contributed by atoms with Gasteiger partial charge in [0.25, 0.3) is 0 Å². The van der Waals surface area contributed by atoms with E-state index in [-0.39, 0.29) is 0 Å². The van der Waals surface area contributed by atoms with E-state index < -0.39 is 0 Å². The average molecular weight is 241 g/mol. The predicted molar refractivity (Wildman–Crippen MR) is 73.0 cm³/mol. The van der Waals surface area contributed by atoms with Crippen LogP contribution in [0.2, 0.25) is 0 Å². The zero-order chi connectivity index (χ0) is 12.4. The summed E-state index contributed by atoms with van der Waals surface area (Å²) < 4.78 is 2.08. The average Bonchev–Trinajstić information content (AvgIpc) is 2.89. The first-order valence-electron chi connectivity index (χ1n) is 6.66. The minimum Gasteiger partial charge on any atom is -0.316 e. The zero-order valence-electron chi connectivity index (χ0n) is 10.7. The van der Waals surface area contributed by atoms with Gasteiger partial charge in [-0.1, -0.05) is 25.1 Å². The van der Waals surface area contributed by atoms with Crippen LogP contribution in [0.3, 0.4) is 0 Å². The highest BCUT2D eigenvalue weighted by molar-refractivity contribution is 5.33. The topological polar surface area (TPSA) is 29.9 Å². The number of nitrogens with zero attached hydrogens (tertiary/aromatic N) is 2. The summed E-state index contributed by atoms with van der Waals surface area (Å²) in [6.45, 7) is 4.53. The number of rotatable bonds is 2. The van der Waals surface area contributed by atoms with E-state index in [0.717, 1.165) is 18.8 Å². The van der Waals surface area contributed by atoms with Gasteiger partial charge < -0.3 is 5.32 Å². The molecule has 3 rings (SSSR count). The maximum Gasteiger partial charge on any atom is 0.0648 e. The Morgan fingerprint density at radius 2 is 2.06 bits per heavy atom. The second-order valence-corrected chi connectivity index (χ2v) is 5.08. The lowest BCUT2D eigenvalue weighted by molar-refractivity contribution is 0.338. The van der Waals surface area contributed by atoms with Gasteiger partial charge in [0.15, 0.2) is 0 Å². The van der Waals surface area contributed by atoms with E-state index >= 15 is 0 Å². The Balaban J connectivity index is 1.96. The van der Waals surface area contributed by atoms with Gasteiger partial charge in [0.2, 0.25) is 0 Å². The van der Waals surface area contributed by atoms with Gasteiger partial charge in [-0.2, -0.15) is 5.10 Å². The molecule has 94 valence electrons. The van der Waals surface area contributed by atoms with Crippen molar-refractivity contribution in [3.63, 3.8) is 0 Å². The highest BCUT2D eigenvalue weighted by Crippen LogP contribution is 2.29. The molecule has 3 nitrogen and oxygen atoms in total. The largest absolute Gasteiger partial charge is 0.316 e. The first-order valence-corrected chi connectivity index (χ1v) is 6.66. The number of aromatic nitrogens is 2. The van der Waals surface area contributed by atoms with Crippen LogP contribution in [0.4, 0.5) is 0 Å². The summed E-state index contributed by atoms with van der Waals surface area (Å²) in [6, 6.07) is 12.5. The third-order valence-electron chi connectivity index (χ3n) is 3.88. The zero-order valence-corrected chi connectivity index (χ0v) is 10.7. The summed E-state index contributed by atoms with van der Waals surface area (Å²) in [4.78, 5) is 0. The van der Waals surface area contributed by atoms with Crippen molar-refractivity contribution in [1.29, 1.82) is 0 Å². The summed E-state index contributed by atoms with van der Waals surface area (Å²) in [5.74, 6) is 1.27. The second-order valence-electron chi connectivity index (χ2n) is 5.08. The summed E-state index contributed by atoms with van der Waals surface area (Å²) in [7, 11) is 0. The molecule has 0 saturated carbocycles. The van der Waals surface area contributed by atoms with Gasteiger partial charge in [-0.3, -0.25) is 0 Å². The maximum absolute atomic E-state index is 4.48. The van der Waals surface area contributed by atoms with Crippen molar-refractivity contribution >= 4 is 0 Å². The van der Waals surface area contributed by atoms with Crippen LogP contribution in [0.15, 0.2) is 42.6 Å². The van der Waals surface area contributed by atoms with Crippen LogP contribution >= 0.6 is 0 Å². The third-order valence-corrected chi connectivity index (χ3v) is 3.88. The van der Waals surface area contributed by atoms with Crippen LogP contribution in [0.5, 0.6) is 0 Å². The normalized spacial score (nSPS) is 24.1. The minimum atomic E-state index is 0.557. The van der Waals surface area contributed by atoms with Crippen molar-refractivity contribution in [2.45, 2.75) is 19.3 Å². The lowest BCUT2D eigenvalue weighted by atomic mass is 9.85. The number of hydrogen-bond acceptors (Lipinski definition) is 2. The molecule has 1 saturated heterocycles. The summed E-state index contributed by atoms with van der Waals surface area (Å²) in [5.41, 5.74) is 2.47. The lowest BCUT2D eigenvalue weighted by Crippen LogP contribution is -2.34. The van der Waals surface area contributed by atoms with Gasteiger partial charge >= 0.3 is 0 Å². The number of piperidine rings is 1. The molecule has 2 aromatic rings. The van der Waals surface area contributed by atoms with E-state index in [4.69, 9.17) is 0 Å². The maximum atomic E-state index is 4.48. The molecule has 0 bridgehead atoms. The fraction of sp³-hybridized carbons (Fsp3) is 0.400. The van der Waals surface area contributed by atoms with E-state index in [1.165, 1.54) is 12.1 Å². The summed E-state index contributed by atoms with van der Waals surface area (Å²) in [6.07, 6.45) is 3.15. The molecule has 0 amide bonds. The van der Waals surface area contributed by atoms with E-state index in [1.807, 2.05) is 12.3 Å². The van der Waals surface area contributed by atoms with E-state index in [1.54, 1.807) is 0 Å². The molecule has 1 aromatic heterocycles. The van der Waals surface area contributed by atoms with Crippen molar-refractivity contribution in [2.24, 2.45) is 5.92 Å². The van der Waals surface area contributed by atoms with Crippen molar-refractivity contribution in [3.05, 3.63) is 48.3 Å². The van der Waals surface area contributed by atoms with Crippen molar-refractivity contribution in [2.75, 3.05) is 13.1 Å². The van der Waals surface area contributed by atoms with Crippen LogP contribution in [-0.4, -0.2) is 22.9 Å². The van der Waals surface area contributed by atoms with Crippen molar-refractivity contribution in [1.82, 2.24) is 15.1 Å². The van der Waals surface area contributed by atoms with Gasteiger partial charge in [0.1, 0.15) is 0 Å². The molecular weight excluding hydrogens is 222 g/mol. The Labute approximate surface area is 108 Å². The molecule has 1 aliphatic rings. The molecule has 0 radical (unpaired) electrons. The van der Waals surface area contributed by atoms with Gasteiger partial charge in [-0.15, -0.1) is 0 Å². The Hall–Kier alpha value is -1.61. The third kappa shape index (κ3) is 2.06. The lowest BCUT2D eigenvalue weighted by Gasteiger charge is -2.30. The fourth-order valence-corrected chi connectivity index (χ4v) is 2.76. The van der Waals surface area contributed by atoms with E-state index in [2.05, 4.69) is 52.4 Å². The molecule has 2 unspecified atom stereocenters. The van der Waals surface area contributed by atoms with Gasteiger partial charge in [-0.25, -0.2) is 4.68 Å². The highest BCUT2D eigenvalue weighted by Gasteiger charge is 2.25. The number of hydrogen-bond donors (Lipinski definition) is 1. The molecule has 0 aliphatic carbocycles. The van der Waals surface area contributed by atoms with Crippen LogP contribution in [0, 0.1) is 5.92 Å². The highest BCUT2D eigenvalue weighted by atomic mass is 15.3. The Morgan fingerprint density at radius 1 is 1.22 bits per heavy atom. The van der Waals surface area contributed by atoms with Crippen molar-refractivity contribution in [3.8, 4) is 5.69 Å². The molecule has 3 heteroatoms. The van der Waals surface area contributed by atoms with Gasteiger partial charge in [0, 0.05) is 24.4 Å². The molecule has 1 aliphatic heterocycles. The van der Waals surface area contributed by atoms with E-state index in [0.29, 0.717) is 11.8 Å². The van der Waals surface area contributed by atoms with Crippen molar-refractivity contribution < 1.29 is 0 Å². The molecular formula is C15H19N3.